The third-order valence-electron chi connectivity index (χ3n) is 5.91. The molecule has 0 radical (unpaired) electrons. The molecule has 0 unspecified atom stereocenters. The Morgan fingerprint density at radius 2 is 1.97 bits per heavy atom. The number of carbonyl (C=O) groups is 1. The van der Waals surface area contributed by atoms with E-state index >= 15 is 0 Å². The largest absolute Gasteiger partial charge is 0.438 e. The molecule has 4 aromatic rings. The zero-order valence-corrected chi connectivity index (χ0v) is 19.8. The number of carbonyl (C=O) groups excluding carboxylic acids is 1. The van der Waals surface area contributed by atoms with Gasteiger partial charge in [0.1, 0.15) is 11.6 Å². The van der Waals surface area contributed by atoms with E-state index in [1.54, 1.807) is 16.8 Å². The van der Waals surface area contributed by atoms with E-state index in [0.717, 1.165) is 34.7 Å². The zero-order valence-electron chi connectivity index (χ0n) is 19.0. The van der Waals surface area contributed by atoms with Gasteiger partial charge in [0, 0.05) is 12.6 Å². The van der Waals surface area contributed by atoms with E-state index in [0.29, 0.717) is 37.1 Å². The van der Waals surface area contributed by atoms with E-state index in [-0.39, 0.29) is 11.7 Å². The van der Waals surface area contributed by atoms with Gasteiger partial charge in [-0.05, 0) is 60.9 Å². The van der Waals surface area contributed by atoms with Crippen LogP contribution in [-0.4, -0.2) is 27.1 Å². The van der Waals surface area contributed by atoms with Gasteiger partial charge in [0.2, 0.25) is 5.88 Å². The van der Waals surface area contributed by atoms with Crippen LogP contribution in [0, 0.1) is 11.7 Å². The highest BCUT2D eigenvalue weighted by molar-refractivity contribution is 7.12. The number of nitrogens with zero attached hydrogens (tertiary/aromatic N) is 3. The molecule has 2 aromatic carbocycles. The Bertz CT molecular complexity index is 1270. The minimum atomic E-state index is -0.372. The lowest BCUT2D eigenvalue weighted by Crippen LogP contribution is -2.32. The van der Waals surface area contributed by atoms with Gasteiger partial charge < -0.3 is 9.64 Å². The minimum absolute atomic E-state index is 0.0214. The van der Waals surface area contributed by atoms with Crippen LogP contribution in [0.5, 0.6) is 11.6 Å². The molecule has 34 heavy (non-hydrogen) atoms. The maximum absolute atomic E-state index is 13.9. The first-order valence-electron chi connectivity index (χ1n) is 11.5. The number of amides is 1. The second-order valence-electron chi connectivity index (χ2n) is 8.50. The molecule has 0 saturated heterocycles. The second kappa shape index (κ2) is 9.81. The quantitative estimate of drug-likeness (QED) is 0.278. The first-order chi connectivity index (χ1) is 16.6. The van der Waals surface area contributed by atoms with E-state index in [4.69, 9.17) is 9.84 Å². The molecule has 1 aliphatic rings. The zero-order chi connectivity index (χ0) is 23.5. The number of hydrogen-bond acceptors (Lipinski definition) is 4. The van der Waals surface area contributed by atoms with Crippen molar-refractivity contribution >= 4 is 17.2 Å². The van der Waals surface area contributed by atoms with E-state index in [2.05, 4.69) is 0 Å². The van der Waals surface area contributed by atoms with E-state index < -0.39 is 0 Å². The number of hydrogen-bond donors (Lipinski definition) is 0. The summed E-state index contributed by atoms with van der Waals surface area (Å²) in [6, 6.07) is 19.6. The van der Waals surface area contributed by atoms with Gasteiger partial charge in [-0.2, -0.15) is 5.10 Å². The molecule has 7 heteroatoms. The molecule has 1 saturated carbocycles. The van der Waals surface area contributed by atoms with Crippen molar-refractivity contribution in [2.45, 2.75) is 32.7 Å². The van der Waals surface area contributed by atoms with E-state index in [1.807, 2.05) is 59.7 Å². The average molecular weight is 476 g/mol. The Hall–Kier alpha value is -3.45. The van der Waals surface area contributed by atoms with Gasteiger partial charge in [-0.25, -0.2) is 9.07 Å². The van der Waals surface area contributed by atoms with Crippen LogP contribution in [0.4, 0.5) is 4.39 Å². The fourth-order valence-electron chi connectivity index (χ4n) is 3.99. The monoisotopic (exact) mass is 475 g/mol. The van der Waals surface area contributed by atoms with Gasteiger partial charge in [-0.1, -0.05) is 37.3 Å². The number of halogens is 1. The summed E-state index contributed by atoms with van der Waals surface area (Å²) in [6.45, 7) is 3.13. The van der Waals surface area contributed by atoms with Crippen LogP contribution in [0.15, 0.2) is 72.1 Å². The Kier molecular flexibility index (Phi) is 6.45. The van der Waals surface area contributed by atoms with Gasteiger partial charge in [0.05, 0.1) is 28.4 Å². The van der Waals surface area contributed by atoms with Crippen molar-refractivity contribution < 1.29 is 13.9 Å². The highest BCUT2D eigenvalue weighted by Gasteiger charge is 2.30. The lowest BCUT2D eigenvalue weighted by atomic mass is 10.1. The fraction of sp³-hybridized carbons (Fsp3) is 0.259. The van der Waals surface area contributed by atoms with Crippen LogP contribution in [-0.2, 0) is 13.0 Å². The predicted molar refractivity (Wildman–Crippen MR) is 131 cm³/mol. The van der Waals surface area contributed by atoms with Gasteiger partial charge in [-0.3, -0.25) is 4.79 Å². The van der Waals surface area contributed by atoms with Gasteiger partial charge in [-0.15, -0.1) is 11.3 Å². The third-order valence-corrected chi connectivity index (χ3v) is 6.77. The standard InChI is InChI=1S/C27H26FN3O2S/c1-2-24-23(18-30(17-19-13-14-19)26(32)25-12-7-15-34-25)27(33-22-11-6-8-20(28)16-22)31(29-24)21-9-4-3-5-10-21/h3-12,15-16,19H,2,13-14,17-18H2,1H3. The molecule has 0 bridgehead atoms. The lowest BCUT2D eigenvalue weighted by Gasteiger charge is -2.23. The molecule has 0 spiro atoms. The molecule has 174 valence electrons. The first-order valence-corrected chi connectivity index (χ1v) is 12.4. The summed E-state index contributed by atoms with van der Waals surface area (Å²) in [5.74, 6) is 1.08. The van der Waals surface area contributed by atoms with Crippen molar-refractivity contribution in [3.05, 3.63) is 94.1 Å². The number of aryl methyl sites for hydroxylation is 1. The Morgan fingerprint density at radius 3 is 2.65 bits per heavy atom. The minimum Gasteiger partial charge on any atom is -0.438 e. The number of aromatic nitrogens is 2. The first kappa shape index (κ1) is 22.3. The normalized spacial score (nSPS) is 13.1. The summed E-state index contributed by atoms with van der Waals surface area (Å²) >= 11 is 1.45. The molecular formula is C27H26FN3O2S. The van der Waals surface area contributed by atoms with E-state index in [9.17, 15) is 9.18 Å². The maximum Gasteiger partial charge on any atom is 0.264 e. The lowest BCUT2D eigenvalue weighted by molar-refractivity contribution is 0.0738. The summed E-state index contributed by atoms with van der Waals surface area (Å²) in [4.78, 5) is 16.0. The number of rotatable bonds is 9. The molecule has 2 aromatic heterocycles. The smallest absolute Gasteiger partial charge is 0.264 e. The molecule has 5 nitrogen and oxygen atoms in total. The Labute approximate surface area is 202 Å². The summed E-state index contributed by atoms with van der Waals surface area (Å²) in [5.41, 5.74) is 2.55. The highest BCUT2D eigenvalue weighted by atomic mass is 32.1. The molecule has 2 heterocycles. The van der Waals surface area contributed by atoms with Crippen LogP contribution < -0.4 is 4.74 Å². The Morgan fingerprint density at radius 1 is 1.15 bits per heavy atom. The summed E-state index contributed by atoms with van der Waals surface area (Å²) in [6.07, 6.45) is 2.97. The van der Waals surface area contributed by atoms with Crippen LogP contribution >= 0.6 is 11.3 Å². The highest BCUT2D eigenvalue weighted by Crippen LogP contribution is 2.35. The van der Waals surface area contributed by atoms with Crippen molar-refractivity contribution in [3.63, 3.8) is 0 Å². The number of ether oxygens (including phenoxy) is 1. The number of benzene rings is 2. The fourth-order valence-corrected chi connectivity index (χ4v) is 4.68. The molecule has 0 aliphatic heterocycles. The van der Waals surface area contributed by atoms with Crippen molar-refractivity contribution in [1.29, 1.82) is 0 Å². The SMILES string of the molecule is CCc1nn(-c2ccccc2)c(Oc2cccc(F)c2)c1CN(CC1CC1)C(=O)c1cccs1. The molecule has 5 rings (SSSR count). The second-order valence-corrected chi connectivity index (χ2v) is 9.44. The van der Waals surface area contributed by atoms with Crippen molar-refractivity contribution in [2.75, 3.05) is 6.54 Å². The maximum atomic E-state index is 13.9. The average Bonchev–Trinajstić information content (AvgIpc) is 3.37. The Balaban J connectivity index is 1.57. The van der Waals surface area contributed by atoms with Crippen molar-refractivity contribution in [2.24, 2.45) is 5.92 Å². The van der Waals surface area contributed by atoms with Crippen LogP contribution in [0.3, 0.4) is 0 Å². The van der Waals surface area contributed by atoms with Gasteiger partial charge in [0.15, 0.2) is 0 Å². The molecular weight excluding hydrogens is 449 g/mol. The summed E-state index contributed by atoms with van der Waals surface area (Å²) in [7, 11) is 0. The van der Waals surface area contributed by atoms with Crippen LogP contribution in [0.1, 0.15) is 40.7 Å². The number of para-hydroxylation sites is 1. The van der Waals surface area contributed by atoms with Crippen LogP contribution in [0.2, 0.25) is 0 Å². The molecule has 1 fully saturated rings. The molecule has 1 amide bonds. The summed E-state index contributed by atoms with van der Waals surface area (Å²) < 4.78 is 22.0. The molecule has 1 aliphatic carbocycles. The van der Waals surface area contributed by atoms with Gasteiger partial charge >= 0.3 is 0 Å². The topological polar surface area (TPSA) is 47.4 Å². The number of thiophene rings is 1. The molecule has 0 N–H and O–H groups in total. The van der Waals surface area contributed by atoms with Gasteiger partial charge in [0.25, 0.3) is 5.91 Å². The van der Waals surface area contributed by atoms with Crippen LogP contribution in [0.25, 0.3) is 5.69 Å². The third kappa shape index (κ3) is 4.89. The van der Waals surface area contributed by atoms with Crippen molar-refractivity contribution in [1.82, 2.24) is 14.7 Å². The summed E-state index contributed by atoms with van der Waals surface area (Å²) in [5, 5.41) is 6.77. The van der Waals surface area contributed by atoms with E-state index in [1.165, 1.54) is 23.5 Å². The van der Waals surface area contributed by atoms with Crippen molar-refractivity contribution in [3.8, 4) is 17.3 Å². The molecule has 0 atom stereocenters. The predicted octanol–water partition coefficient (Wildman–Crippen LogP) is 6.48.